The largest absolute Gasteiger partial charge is 0.505 e. The molecule has 0 saturated heterocycles. The summed E-state index contributed by atoms with van der Waals surface area (Å²) < 4.78 is 27.6. The third-order valence-corrected chi connectivity index (χ3v) is 6.57. The van der Waals surface area contributed by atoms with Gasteiger partial charge in [-0.15, -0.1) is 11.3 Å². The number of carbonyl (C=O) groups is 1. The second-order valence-corrected chi connectivity index (χ2v) is 9.32. The van der Waals surface area contributed by atoms with Crippen molar-refractivity contribution in [1.82, 2.24) is 0 Å². The van der Waals surface area contributed by atoms with E-state index in [1.165, 1.54) is 6.07 Å². The van der Waals surface area contributed by atoms with Crippen LogP contribution in [0.4, 0.5) is 11.4 Å². The van der Waals surface area contributed by atoms with Gasteiger partial charge in [0.25, 0.3) is 15.9 Å². The van der Waals surface area contributed by atoms with Crippen LogP contribution in [-0.2, 0) is 10.0 Å². The number of hydrogen-bond acceptors (Lipinski definition) is 5. The van der Waals surface area contributed by atoms with Crippen molar-refractivity contribution in [3.63, 3.8) is 0 Å². The summed E-state index contributed by atoms with van der Waals surface area (Å²) in [6.45, 7) is 0. The third kappa shape index (κ3) is 4.53. The number of amides is 1. The summed E-state index contributed by atoms with van der Waals surface area (Å²) in [4.78, 5) is 12.4. The molecule has 0 spiro atoms. The predicted molar refractivity (Wildman–Crippen MR) is 113 cm³/mol. The number of thiophene rings is 1. The fourth-order valence-corrected chi connectivity index (χ4v) is 4.96. The molecule has 28 heavy (non-hydrogen) atoms. The molecule has 3 aromatic rings. The summed E-state index contributed by atoms with van der Waals surface area (Å²) in [5.74, 6) is -0.920. The summed E-state index contributed by atoms with van der Waals surface area (Å²) in [5.41, 5.74) is 0.557. The van der Waals surface area contributed by atoms with Gasteiger partial charge < -0.3 is 10.4 Å². The van der Waals surface area contributed by atoms with Crippen LogP contribution in [0.2, 0.25) is 15.1 Å². The van der Waals surface area contributed by atoms with Crippen molar-refractivity contribution in [3.05, 3.63) is 67.8 Å². The fraction of sp³-hybridized carbons (Fsp3) is 0. The molecular weight excluding hydrogens is 467 g/mol. The minimum atomic E-state index is -4.11. The smallest absolute Gasteiger partial charge is 0.267 e. The summed E-state index contributed by atoms with van der Waals surface area (Å²) in [6, 6.07) is 10.1. The predicted octanol–water partition coefficient (Wildman–Crippen LogP) is 5.47. The minimum Gasteiger partial charge on any atom is -0.505 e. The Morgan fingerprint density at radius 3 is 2.36 bits per heavy atom. The van der Waals surface area contributed by atoms with Crippen LogP contribution in [0.3, 0.4) is 0 Å². The second-order valence-electron chi connectivity index (χ2n) is 5.47. The van der Waals surface area contributed by atoms with Gasteiger partial charge in [-0.3, -0.25) is 9.52 Å². The summed E-state index contributed by atoms with van der Waals surface area (Å²) in [6.07, 6.45) is 0. The highest BCUT2D eigenvalue weighted by atomic mass is 35.5. The van der Waals surface area contributed by atoms with Crippen LogP contribution in [0, 0.1) is 0 Å². The van der Waals surface area contributed by atoms with Gasteiger partial charge in [0.2, 0.25) is 0 Å². The Labute approximate surface area is 179 Å². The molecule has 0 fully saturated rings. The molecule has 1 amide bonds. The first-order valence-corrected chi connectivity index (χ1v) is 11.0. The maximum Gasteiger partial charge on any atom is 0.267 e. The van der Waals surface area contributed by atoms with E-state index >= 15 is 0 Å². The van der Waals surface area contributed by atoms with Crippen LogP contribution >= 0.6 is 46.1 Å². The molecule has 2 aromatic carbocycles. The van der Waals surface area contributed by atoms with E-state index in [1.807, 2.05) is 0 Å². The number of anilines is 2. The second kappa shape index (κ2) is 8.18. The van der Waals surface area contributed by atoms with Gasteiger partial charge >= 0.3 is 0 Å². The van der Waals surface area contributed by atoms with Crippen LogP contribution in [-0.4, -0.2) is 19.4 Å². The molecular formula is C17H11Cl3N2O4S2. The Bertz CT molecular complexity index is 1140. The van der Waals surface area contributed by atoms with Gasteiger partial charge in [-0.2, -0.15) is 0 Å². The van der Waals surface area contributed by atoms with E-state index in [4.69, 9.17) is 34.8 Å². The van der Waals surface area contributed by atoms with E-state index in [0.29, 0.717) is 10.7 Å². The van der Waals surface area contributed by atoms with E-state index in [1.54, 1.807) is 29.6 Å². The number of benzene rings is 2. The number of hydrogen-bond donors (Lipinski definition) is 3. The molecule has 1 heterocycles. The molecule has 0 aliphatic carbocycles. The topological polar surface area (TPSA) is 95.5 Å². The Kier molecular flexibility index (Phi) is 6.07. The lowest BCUT2D eigenvalue weighted by Gasteiger charge is -2.11. The first kappa shape index (κ1) is 20.8. The van der Waals surface area contributed by atoms with Crippen molar-refractivity contribution in [3.8, 4) is 5.75 Å². The van der Waals surface area contributed by atoms with Gasteiger partial charge in [-0.1, -0.05) is 40.9 Å². The molecule has 0 saturated carbocycles. The molecule has 0 bridgehead atoms. The summed E-state index contributed by atoms with van der Waals surface area (Å²) >= 11 is 18.5. The maximum atomic E-state index is 12.6. The normalized spacial score (nSPS) is 11.2. The molecule has 146 valence electrons. The lowest BCUT2D eigenvalue weighted by atomic mass is 10.3. The molecule has 0 aliphatic heterocycles. The van der Waals surface area contributed by atoms with Crippen molar-refractivity contribution >= 4 is 73.4 Å². The number of sulfonamides is 1. The van der Waals surface area contributed by atoms with Crippen LogP contribution in [0.25, 0.3) is 0 Å². The van der Waals surface area contributed by atoms with Crippen molar-refractivity contribution in [2.45, 2.75) is 4.90 Å². The van der Waals surface area contributed by atoms with Gasteiger partial charge in [0.05, 0.1) is 20.6 Å². The molecule has 0 radical (unpaired) electrons. The fourth-order valence-electron chi connectivity index (χ4n) is 2.22. The van der Waals surface area contributed by atoms with E-state index in [-0.39, 0.29) is 25.5 Å². The summed E-state index contributed by atoms with van der Waals surface area (Å²) in [5, 5.41) is 13.8. The zero-order chi connectivity index (χ0) is 20.5. The lowest BCUT2D eigenvalue weighted by Crippen LogP contribution is -2.17. The van der Waals surface area contributed by atoms with Gasteiger partial charge in [0, 0.05) is 10.7 Å². The van der Waals surface area contributed by atoms with E-state index in [0.717, 1.165) is 23.5 Å². The van der Waals surface area contributed by atoms with E-state index in [9.17, 15) is 18.3 Å². The number of aromatic hydroxyl groups is 1. The number of rotatable bonds is 5. The quantitative estimate of drug-likeness (QED) is 0.454. The first-order valence-electron chi connectivity index (χ1n) is 7.52. The van der Waals surface area contributed by atoms with Crippen LogP contribution in [0.1, 0.15) is 9.67 Å². The highest BCUT2D eigenvalue weighted by Gasteiger charge is 2.22. The highest BCUT2D eigenvalue weighted by Crippen LogP contribution is 2.35. The Morgan fingerprint density at radius 1 is 1.04 bits per heavy atom. The van der Waals surface area contributed by atoms with Gasteiger partial charge in [0.15, 0.2) is 5.75 Å². The number of phenols is 1. The Morgan fingerprint density at radius 2 is 1.71 bits per heavy atom. The minimum absolute atomic E-state index is 0.0878. The number of nitrogens with one attached hydrogen (secondary N) is 2. The number of phenolic OH excluding ortho intramolecular Hbond substituents is 1. The molecule has 3 rings (SSSR count). The van der Waals surface area contributed by atoms with Gasteiger partial charge in [-0.05, 0) is 41.8 Å². The molecule has 3 N–H and O–H groups in total. The number of halogens is 3. The Balaban J connectivity index is 1.86. The SMILES string of the molecule is O=C(Nc1cccc(Cl)c1)c1sccc1NS(=O)(=O)c1cc(Cl)c(O)c(Cl)c1. The van der Waals surface area contributed by atoms with Gasteiger partial charge in [0.1, 0.15) is 4.88 Å². The van der Waals surface area contributed by atoms with Crippen molar-refractivity contribution in [2.75, 3.05) is 10.0 Å². The molecule has 11 heteroatoms. The van der Waals surface area contributed by atoms with Crippen molar-refractivity contribution in [1.29, 1.82) is 0 Å². The van der Waals surface area contributed by atoms with Gasteiger partial charge in [-0.25, -0.2) is 8.42 Å². The van der Waals surface area contributed by atoms with E-state index in [2.05, 4.69) is 10.0 Å². The lowest BCUT2D eigenvalue weighted by molar-refractivity contribution is 0.103. The van der Waals surface area contributed by atoms with Crippen molar-refractivity contribution < 1.29 is 18.3 Å². The van der Waals surface area contributed by atoms with Crippen LogP contribution in [0.15, 0.2) is 52.7 Å². The van der Waals surface area contributed by atoms with E-state index < -0.39 is 21.7 Å². The van der Waals surface area contributed by atoms with Crippen LogP contribution in [0.5, 0.6) is 5.75 Å². The highest BCUT2D eigenvalue weighted by molar-refractivity contribution is 7.92. The molecule has 0 aliphatic rings. The molecule has 6 nitrogen and oxygen atoms in total. The molecule has 0 unspecified atom stereocenters. The monoisotopic (exact) mass is 476 g/mol. The zero-order valence-corrected chi connectivity index (χ0v) is 17.6. The molecule has 1 aromatic heterocycles. The maximum absolute atomic E-state index is 12.6. The Hall–Kier alpha value is -1.97. The molecule has 0 atom stereocenters. The zero-order valence-electron chi connectivity index (χ0n) is 13.7. The van der Waals surface area contributed by atoms with Crippen molar-refractivity contribution in [2.24, 2.45) is 0 Å². The van der Waals surface area contributed by atoms with Crippen LogP contribution < -0.4 is 10.0 Å². The number of carbonyl (C=O) groups excluding carboxylic acids is 1. The average Bonchev–Trinajstić information content (AvgIpc) is 3.06. The standard InChI is InChI=1S/C17H11Cl3N2O4S2/c18-9-2-1-3-10(6-9)21-17(24)16-14(4-5-27-16)22-28(25,26)11-7-12(19)15(23)13(20)8-11/h1-8,22-23H,(H,21,24). The average molecular weight is 478 g/mol. The summed E-state index contributed by atoms with van der Waals surface area (Å²) in [7, 11) is -4.11. The first-order chi connectivity index (χ1) is 13.2. The third-order valence-electron chi connectivity index (χ3n) is 3.50.